The number of fused-ring (bicyclic) bond motifs is 4. The van der Waals surface area contributed by atoms with E-state index in [9.17, 15) is 9.59 Å². The number of hydrogen-bond acceptors (Lipinski definition) is 4. The fourth-order valence-electron chi connectivity index (χ4n) is 4.95. The van der Waals surface area contributed by atoms with E-state index in [1.165, 1.54) is 0 Å². The Balaban J connectivity index is 0.00000259. The highest BCUT2D eigenvalue weighted by Gasteiger charge is 2.35. The summed E-state index contributed by atoms with van der Waals surface area (Å²) < 4.78 is 6.09. The average molecular weight is 468 g/mol. The van der Waals surface area contributed by atoms with Gasteiger partial charge in [0.1, 0.15) is 5.58 Å². The van der Waals surface area contributed by atoms with Crippen LogP contribution in [0.1, 0.15) is 40.7 Å². The molecule has 0 radical (unpaired) electrons. The summed E-state index contributed by atoms with van der Waals surface area (Å²) in [5.41, 5.74) is 3.07. The smallest absolute Gasteiger partial charge is 0.287 e. The molecule has 33 heavy (non-hydrogen) atoms. The molecule has 1 aromatic heterocycles. The monoisotopic (exact) mass is 467 g/mol. The molecule has 0 aliphatic carbocycles. The highest BCUT2D eigenvalue weighted by molar-refractivity contribution is 6.01. The van der Waals surface area contributed by atoms with Crippen molar-refractivity contribution in [3.8, 4) is 11.1 Å². The lowest BCUT2D eigenvalue weighted by atomic mass is 9.84. The minimum Gasteiger partial charge on any atom is -0.450 e. The van der Waals surface area contributed by atoms with E-state index in [1.54, 1.807) is 11.9 Å². The SMILES string of the molecule is CCN(C)C(=O)c1cccc(-c2cccc3cc(C(=O)N[C@H]4CN5CCC4CC5)oc23)c1.Cl. The molecule has 3 fully saturated rings. The molecule has 3 aliphatic heterocycles. The molecule has 0 unspecified atom stereocenters. The first kappa shape index (κ1) is 23.3. The molecule has 1 atom stereocenters. The fourth-order valence-corrected chi connectivity index (χ4v) is 4.95. The lowest BCUT2D eigenvalue weighted by Gasteiger charge is -2.44. The first-order chi connectivity index (χ1) is 15.5. The second-order valence-corrected chi connectivity index (χ2v) is 8.95. The number of carbonyl (C=O) groups excluding carboxylic acids is 2. The molecule has 174 valence electrons. The Morgan fingerprint density at radius 3 is 2.58 bits per heavy atom. The first-order valence-corrected chi connectivity index (χ1v) is 11.4. The van der Waals surface area contributed by atoms with Gasteiger partial charge in [0, 0.05) is 42.7 Å². The summed E-state index contributed by atoms with van der Waals surface area (Å²) in [6, 6.07) is 15.4. The van der Waals surface area contributed by atoms with Gasteiger partial charge in [-0.3, -0.25) is 9.59 Å². The van der Waals surface area contributed by atoms with Crippen molar-refractivity contribution < 1.29 is 14.0 Å². The predicted molar refractivity (Wildman–Crippen MR) is 132 cm³/mol. The van der Waals surface area contributed by atoms with Crippen LogP contribution in [0.15, 0.2) is 52.9 Å². The quantitative estimate of drug-likeness (QED) is 0.602. The number of benzene rings is 2. The number of nitrogens with one attached hydrogen (secondary N) is 1. The fraction of sp³-hybridized carbons (Fsp3) is 0.385. The number of hydrogen-bond donors (Lipinski definition) is 1. The van der Waals surface area contributed by atoms with Gasteiger partial charge in [0.25, 0.3) is 11.8 Å². The maximum absolute atomic E-state index is 13.0. The van der Waals surface area contributed by atoms with E-state index < -0.39 is 0 Å². The minimum atomic E-state index is -0.153. The molecule has 6 rings (SSSR count). The van der Waals surface area contributed by atoms with Gasteiger partial charge in [0.15, 0.2) is 5.76 Å². The zero-order valence-electron chi connectivity index (χ0n) is 19.0. The van der Waals surface area contributed by atoms with Crippen molar-refractivity contribution in [2.45, 2.75) is 25.8 Å². The third-order valence-corrected chi connectivity index (χ3v) is 6.98. The normalized spacial score (nSPS) is 21.5. The summed E-state index contributed by atoms with van der Waals surface area (Å²) in [5, 5.41) is 4.08. The van der Waals surface area contributed by atoms with Crippen LogP contribution in [0.2, 0.25) is 0 Å². The molecule has 1 N–H and O–H groups in total. The lowest BCUT2D eigenvalue weighted by Crippen LogP contribution is -2.57. The molecule has 7 heteroatoms. The second kappa shape index (κ2) is 9.57. The summed E-state index contributed by atoms with van der Waals surface area (Å²) in [7, 11) is 1.79. The van der Waals surface area contributed by atoms with Crippen LogP contribution < -0.4 is 5.32 Å². The highest BCUT2D eigenvalue weighted by atomic mass is 35.5. The lowest BCUT2D eigenvalue weighted by molar-refractivity contribution is 0.0607. The van der Waals surface area contributed by atoms with E-state index in [0.29, 0.717) is 29.4 Å². The Bertz CT molecular complexity index is 1170. The van der Waals surface area contributed by atoms with Crippen molar-refractivity contribution in [3.05, 3.63) is 59.9 Å². The molecule has 2 bridgehead atoms. The van der Waals surface area contributed by atoms with Crippen LogP contribution in [0.5, 0.6) is 0 Å². The number of rotatable bonds is 5. The van der Waals surface area contributed by atoms with Crippen LogP contribution in [0, 0.1) is 5.92 Å². The van der Waals surface area contributed by atoms with Gasteiger partial charge in [-0.25, -0.2) is 0 Å². The molecule has 3 aliphatic rings. The maximum atomic E-state index is 13.0. The van der Waals surface area contributed by atoms with Gasteiger partial charge in [0.2, 0.25) is 0 Å². The van der Waals surface area contributed by atoms with Gasteiger partial charge >= 0.3 is 0 Å². The molecule has 3 aromatic rings. The molecule has 3 saturated heterocycles. The van der Waals surface area contributed by atoms with Gasteiger partial charge in [-0.05, 0) is 62.5 Å². The number of nitrogens with zero attached hydrogens (tertiary/aromatic N) is 2. The summed E-state index contributed by atoms with van der Waals surface area (Å²) >= 11 is 0. The van der Waals surface area contributed by atoms with Crippen molar-refractivity contribution in [3.63, 3.8) is 0 Å². The van der Waals surface area contributed by atoms with E-state index in [-0.39, 0.29) is 30.3 Å². The molecule has 2 amide bonds. The van der Waals surface area contributed by atoms with Crippen molar-refractivity contribution in [2.24, 2.45) is 5.92 Å². The van der Waals surface area contributed by atoms with Crippen LogP contribution in [-0.2, 0) is 0 Å². The summed E-state index contributed by atoms with van der Waals surface area (Å²) in [4.78, 5) is 29.7. The number of piperidine rings is 3. The van der Waals surface area contributed by atoms with Crippen LogP contribution >= 0.6 is 12.4 Å². The summed E-state index contributed by atoms with van der Waals surface area (Å²) in [6.45, 7) is 5.80. The Morgan fingerprint density at radius 2 is 1.88 bits per heavy atom. The zero-order valence-corrected chi connectivity index (χ0v) is 19.9. The molecule has 4 heterocycles. The van der Waals surface area contributed by atoms with Crippen LogP contribution in [0.25, 0.3) is 22.1 Å². The van der Waals surface area contributed by atoms with E-state index in [4.69, 9.17) is 4.42 Å². The first-order valence-electron chi connectivity index (χ1n) is 11.4. The number of para-hydroxylation sites is 1. The number of carbonyl (C=O) groups is 2. The number of amides is 2. The van der Waals surface area contributed by atoms with E-state index in [0.717, 1.165) is 49.0 Å². The zero-order chi connectivity index (χ0) is 22.2. The molecule has 2 aromatic carbocycles. The van der Waals surface area contributed by atoms with Crippen molar-refractivity contribution in [1.82, 2.24) is 15.1 Å². The Kier molecular flexibility index (Phi) is 6.77. The topological polar surface area (TPSA) is 65.8 Å². The minimum absolute atomic E-state index is 0. The van der Waals surface area contributed by atoms with Crippen molar-refractivity contribution >= 4 is 35.2 Å². The Hall–Kier alpha value is -2.83. The Morgan fingerprint density at radius 1 is 1.12 bits per heavy atom. The maximum Gasteiger partial charge on any atom is 0.287 e. The molecule has 6 nitrogen and oxygen atoms in total. The van der Waals surface area contributed by atoms with Crippen LogP contribution in [0.3, 0.4) is 0 Å². The Labute approximate surface area is 200 Å². The van der Waals surface area contributed by atoms with Crippen molar-refractivity contribution in [2.75, 3.05) is 33.2 Å². The highest BCUT2D eigenvalue weighted by Crippen LogP contribution is 2.32. The van der Waals surface area contributed by atoms with Crippen LogP contribution in [0.4, 0.5) is 0 Å². The van der Waals surface area contributed by atoms with Gasteiger partial charge in [-0.15, -0.1) is 12.4 Å². The molecule has 0 saturated carbocycles. The summed E-state index contributed by atoms with van der Waals surface area (Å²) in [6.07, 6.45) is 2.30. The van der Waals surface area contributed by atoms with Crippen molar-refractivity contribution in [1.29, 1.82) is 0 Å². The van der Waals surface area contributed by atoms with Crippen LogP contribution in [-0.4, -0.2) is 60.9 Å². The van der Waals surface area contributed by atoms with E-state index >= 15 is 0 Å². The van der Waals surface area contributed by atoms with E-state index in [2.05, 4.69) is 10.2 Å². The second-order valence-electron chi connectivity index (χ2n) is 8.95. The molecular weight excluding hydrogens is 438 g/mol. The number of furan rings is 1. The third-order valence-electron chi connectivity index (χ3n) is 6.98. The van der Waals surface area contributed by atoms with Gasteiger partial charge < -0.3 is 19.5 Å². The predicted octanol–water partition coefficient (Wildman–Crippen LogP) is 4.44. The average Bonchev–Trinajstić information content (AvgIpc) is 3.29. The number of halogens is 1. The van der Waals surface area contributed by atoms with Gasteiger partial charge in [-0.2, -0.15) is 0 Å². The standard InChI is InChI=1S/C26H29N3O3.ClH/c1-3-28(2)26(31)20-8-4-6-18(14-20)21-9-5-7-19-15-23(32-24(19)21)25(30)27-22-16-29-12-10-17(22)11-13-29;/h4-9,14-15,17,22H,3,10-13,16H2,1-2H3,(H,27,30);1H/t22-;/m0./s1. The van der Waals surface area contributed by atoms with Gasteiger partial charge in [0.05, 0.1) is 0 Å². The molecule has 0 spiro atoms. The third kappa shape index (κ3) is 4.50. The summed E-state index contributed by atoms with van der Waals surface area (Å²) in [5.74, 6) is 0.727. The van der Waals surface area contributed by atoms with Gasteiger partial charge in [-0.1, -0.05) is 30.3 Å². The van der Waals surface area contributed by atoms with E-state index in [1.807, 2.05) is 55.5 Å². The molecular formula is C26H30ClN3O3. The largest absolute Gasteiger partial charge is 0.450 e.